The Morgan fingerprint density at radius 3 is 2.54 bits per heavy atom. The maximum Gasteiger partial charge on any atom is 0.573 e. The van der Waals surface area contributed by atoms with Crippen LogP contribution in [0.3, 0.4) is 0 Å². The van der Waals surface area contributed by atoms with Crippen molar-refractivity contribution in [3.05, 3.63) is 40.2 Å². The normalized spacial score (nSPS) is 16.5. The second-order valence-corrected chi connectivity index (χ2v) is 7.08. The molecule has 24 heavy (non-hydrogen) atoms. The predicted molar refractivity (Wildman–Crippen MR) is 90.5 cm³/mol. The molecule has 1 aliphatic rings. The monoisotopic (exact) mass is 388 g/mol. The van der Waals surface area contributed by atoms with Crippen LogP contribution in [0.15, 0.2) is 34.6 Å². The minimum atomic E-state index is -4.72. The Balaban J connectivity index is 1.77. The number of nitrogens with zero attached hydrogens (tertiary/aromatic N) is 1. The number of thioether (sulfide) groups is 1. The maximum absolute atomic E-state index is 12.1. The molecule has 1 saturated heterocycles. The summed E-state index contributed by atoms with van der Waals surface area (Å²) in [7, 11) is 0. The molecule has 0 spiro atoms. The van der Waals surface area contributed by atoms with E-state index in [1.165, 1.54) is 35.6 Å². The molecule has 0 aliphatic carbocycles. The van der Waals surface area contributed by atoms with E-state index in [1.807, 2.05) is 0 Å². The van der Waals surface area contributed by atoms with Gasteiger partial charge in [-0.15, -0.1) is 24.5 Å². The minimum Gasteiger partial charge on any atom is -0.406 e. The molecule has 1 aromatic heterocycles. The van der Waals surface area contributed by atoms with Gasteiger partial charge in [0.25, 0.3) is 5.91 Å². The number of thiocarbonyl (C=S) groups is 1. The van der Waals surface area contributed by atoms with Crippen molar-refractivity contribution >= 4 is 51.6 Å². The minimum absolute atomic E-state index is 0.270. The van der Waals surface area contributed by atoms with Crippen LogP contribution in [0.25, 0.3) is 16.6 Å². The third-order valence-electron chi connectivity index (χ3n) is 2.78. The van der Waals surface area contributed by atoms with E-state index in [9.17, 15) is 18.0 Å². The molecule has 4 nitrogen and oxygen atoms in total. The molecule has 1 amide bonds. The van der Waals surface area contributed by atoms with Gasteiger partial charge in [-0.1, -0.05) is 24.0 Å². The third-order valence-corrected chi connectivity index (χ3v) is 4.85. The van der Waals surface area contributed by atoms with Crippen molar-refractivity contribution in [2.24, 2.45) is 0 Å². The second kappa shape index (κ2) is 6.54. The SMILES string of the molecule is O=C1NC(=S)SC1=Cc1csc(-c2ccc(OC(F)(F)F)cc2)n1. The standard InChI is InChI=1S/C14H7F3N2O2S3/c15-14(16,17)21-9-3-1-7(2-4-9)12-18-8(6-23-12)5-10-11(20)19-13(22)24-10/h1-6H,(H,19,20,22). The van der Waals surface area contributed by atoms with E-state index < -0.39 is 6.36 Å². The summed E-state index contributed by atoms with van der Waals surface area (Å²) in [6.07, 6.45) is -3.11. The zero-order valence-electron chi connectivity index (χ0n) is 11.6. The fourth-order valence-corrected chi connectivity index (χ4v) is 3.65. The van der Waals surface area contributed by atoms with E-state index in [0.29, 0.717) is 25.5 Å². The van der Waals surface area contributed by atoms with E-state index in [2.05, 4.69) is 15.0 Å². The van der Waals surface area contributed by atoms with Gasteiger partial charge in [0.1, 0.15) is 15.1 Å². The van der Waals surface area contributed by atoms with Gasteiger partial charge in [-0.25, -0.2) is 4.98 Å². The average Bonchev–Trinajstić information content (AvgIpc) is 3.06. The summed E-state index contributed by atoms with van der Waals surface area (Å²) in [5.41, 5.74) is 1.23. The number of benzene rings is 1. The summed E-state index contributed by atoms with van der Waals surface area (Å²) < 4.78 is 40.6. The number of aromatic nitrogens is 1. The number of rotatable bonds is 3. The van der Waals surface area contributed by atoms with Crippen LogP contribution in [0.4, 0.5) is 13.2 Å². The zero-order chi connectivity index (χ0) is 17.3. The molecule has 10 heteroatoms. The highest BCUT2D eigenvalue weighted by Gasteiger charge is 2.31. The smallest absolute Gasteiger partial charge is 0.406 e. The molecule has 1 aliphatic heterocycles. The Morgan fingerprint density at radius 1 is 1.25 bits per heavy atom. The first-order valence-electron chi connectivity index (χ1n) is 6.37. The van der Waals surface area contributed by atoms with Crippen molar-refractivity contribution in [1.29, 1.82) is 0 Å². The molecule has 0 bridgehead atoms. The van der Waals surface area contributed by atoms with Gasteiger partial charge in [-0.05, 0) is 30.3 Å². The lowest BCUT2D eigenvalue weighted by atomic mass is 10.2. The molecule has 0 unspecified atom stereocenters. The quantitative estimate of drug-likeness (QED) is 0.631. The van der Waals surface area contributed by atoms with Crippen LogP contribution in [0.5, 0.6) is 5.75 Å². The number of ether oxygens (including phenoxy) is 1. The summed E-state index contributed by atoms with van der Waals surface area (Å²) in [6.45, 7) is 0. The number of carbonyl (C=O) groups is 1. The van der Waals surface area contributed by atoms with Crippen molar-refractivity contribution in [3.63, 3.8) is 0 Å². The van der Waals surface area contributed by atoms with Crippen LogP contribution in [0, 0.1) is 0 Å². The molecule has 2 aromatic rings. The molecular weight excluding hydrogens is 381 g/mol. The van der Waals surface area contributed by atoms with Gasteiger partial charge in [-0.2, -0.15) is 0 Å². The lowest BCUT2D eigenvalue weighted by molar-refractivity contribution is -0.274. The number of halogens is 3. The number of alkyl halides is 3. The molecule has 0 saturated carbocycles. The molecule has 0 radical (unpaired) electrons. The number of thiazole rings is 1. The fraction of sp³-hybridized carbons (Fsp3) is 0.0714. The molecule has 1 aromatic carbocycles. The average molecular weight is 388 g/mol. The Morgan fingerprint density at radius 2 is 1.96 bits per heavy atom. The van der Waals surface area contributed by atoms with E-state index in [4.69, 9.17) is 12.2 Å². The molecule has 1 N–H and O–H groups in total. The van der Waals surface area contributed by atoms with Gasteiger partial charge in [-0.3, -0.25) is 4.79 Å². The summed E-state index contributed by atoms with van der Waals surface area (Å²) in [4.78, 5) is 16.4. The topological polar surface area (TPSA) is 51.2 Å². The van der Waals surface area contributed by atoms with E-state index in [1.54, 1.807) is 11.5 Å². The van der Waals surface area contributed by atoms with Crippen molar-refractivity contribution in [2.45, 2.75) is 6.36 Å². The highest BCUT2D eigenvalue weighted by atomic mass is 32.2. The Bertz CT molecular complexity index is 829. The van der Waals surface area contributed by atoms with Crippen LogP contribution in [-0.2, 0) is 4.79 Å². The van der Waals surface area contributed by atoms with Crippen molar-refractivity contribution in [1.82, 2.24) is 10.3 Å². The van der Waals surface area contributed by atoms with Crippen LogP contribution in [-0.4, -0.2) is 21.6 Å². The van der Waals surface area contributed by atoms with Gasteiger partial charge in [0.15, 0.2) is 0 Å². The summed E-state index contributed by atoms with van der Waals surface area (Å²) in [5, 5.41) is 4.87. The van der Waals surface area contributed by atoms with Crippen molar-refractivity contribution in [2.75, 3.05) is 0 Å². The van der Waals surface area contributed by atoms with Crippen molar-refractivity contribution < 1.29 is 22.7 Å². The first-order chi connectivity index (χ1) is 11.3. The van der Waals surface area contributed by atoms with Gasteiger partial charge in [0.2, 0.25) is 0 Å². The van der Waals surface area contributed by atoms with Gasteiger partial charge in [0.05, 0.1) is 10.6 Å². The second-order valence-electron chi connectivity index (χ2n) is 4.50. The predicted octanol–water partition coefficient (Wildman–Crippen LogP) is 4.20. The summed E-state index contributed by atoms with van der Waals surface area (Å²) in [5.74, 6) is -0.564. The maximum atomic E-state index is 12.1. The van der Waals surface area contributed by atoms with Gasteiger partial charge < -0.3 is 10.1 Å². The lowest BCUT2D eigenvalue weighted by Crippen LogP contribution is -2.17. The Kier molecular flexibility index (Phi) is 4.61. The number of hydrogen-bond acceptors (Lipinski definition) is 6. The Labute approximate surface area is 147 Å². The van der Waals surface area contributed by atoms with Crippen LogP contribution < -0.4 is 10.1 Å². The van der Waals surface area contributed by atoms with E-state index in [-0.39, 0.29) is 11.7 Å². The van der Waals surface area contributed by atoms with Crippen LogP contribution >= 0.6 is 35.3 Å². The van der Waals surface area contributed by atoms with Crippen molar-refractivity contribution in [3.8, 4) is 16.3 Å². The highest BCUT2D eigenvalue weighted by molar-refractivity contribution is 8.26. The lowest BCUT2D eigenvalue weighted by Gasteiger charge is -2.08. The van der Waals surface area contributed by atoms with Crippen LogP contribution in [0.2, 0.25) is 0 Å². The molecule has 2 heterocycles. The number of carbonyl (C=O) groups excluding carboxylic acids is 1. The third kappa shape index (κ3) is 4.13. The van der Waals surface area contributed by atoms with E-state index in [0.717, 1.165) is 11.8 Å². The molecule has 124 valence electrons. The van der Waals surface area contributed by atoms with Gasteiger partial charge >= 0.3 is 6.36 Å². The van der Waals surface area contributed by atoms with Crippen LogP contribution in [0.1, 0.15) is 5.69 Å². The number of hydrogen-bond donors (Lipinski definition) is 1. The first-order valence-corrected chi connectivity index (χ1v) is 8.47. The Hall–Kier alpha value is -1.91. The fourth-order valence-electron chi connectivity index (χ4n) is 1.84. The first kappa shape index (κ1) is 16.9. The summed E-state index contributed by atoms with van der Waals surface area (Å²) in [6, 6.07) is 5.42. The zero-order valence-corrected chi connectivity index (χ0v) is 14.0. The van der Waals surface area contributed by atoms with Gasteiger partial charge in [0, 0.05) is 10.9 Å². The molecule has 3 rings (SSSR count). The molecular formula is C14H7F3N2O2S3. The molecule has 0 atom stereocenters. The van der Waals surface area contributed by atoms with E-state index >= 15 is 0 Å². The number of amides is 1. The summed E-state index contributed by atoms with van der Waals surface area (Å²) >= 11 is 7.37. The highest BCUT2D eigenvalue weighted by Crippen LogP contribution is 2.30. The molecule has 1 fully saturated rings. The number of nitrogens with one attached hydrogen (secondary N) is 1. The largest absolute Gasteiger partial charge is 0.573 e.